The summed E-state index contributed by atoms with van der Waals surface area (Å²) in [6.45, 7) is 1.16. The Morgan fingerprint density at radius 3 is 3.04 bits per heavy atom. The number of non-ortho nitro benzene ring substituents is 1. The van der Waals surface area contributed by atoms with Crippen molar-refractivity contribution in [2.45, 2.75) is 12.5 Å². The number of nitrogens with zero attached hydrogens (tertiary/aromatic N) is 2. The van der Waals surface area contributed by atoms with Gasteiger partial charge in [0.1, 0.15) is 12.3 Å². The van der Waals surface area contributed by atoms with Crippen molar-refractivity contribution in [1.82, 2.24) is 10.6 Å². The number of nitro groups is 1. The Hall–Kier alpha value is -2.68. The van der Waals surface area contributed by atoms with E-state index in [1.165, 1.54) is 23.1 Å². The summed E-state index contributed by atoms with van der Waals surface area (Å²) in [5, 5.41) is 16.9. The van der Waals surface area contributed by atoms with Gasteiger partial charge in [-0.25, -0.2) is 0 Å². The molecule has 1 unspecified atom stereocenters. The van der Waals surface area contributed by atoms with Crippen LogP contribution in [0.15, 0.2) is 18.2 Å². The Morgan fingerprint density at radius 2 is 2.35 bits per heavy atom. The standard InChI is InChI=1S/C14H16N4O5/c19-13(16-9-3-4-15-6-9)7-17-11-5-10(18(21)22)1-2-12(11)23-8-14(17)20/h1-2,5,9,15H,3-4,6-8H2,(H,16,19). The Kier molecular flexibility index (Phi) is 4.11. The summed E-state index contributed by atoms with van der Waals surface area (Å²) in [5.41, 5.74) is 0.0857. The number of carbonyl (C=O) groups excluding carboxylic acids is 2. The molecule has 0 bridgehead atoms. The van der Waals surface area contributed by atoms with Crippen LogP contribution < -0.4 is 20.3 Å². The van der Waals surface area contributed by atoms with Crippen LogP contribution in [0, 0.1) is 10.1 Å². The first-order valence-electron chi connectivity index (χ1n) is 7.26. The van der Waals surface area contributed by atoms with Gasteiger partial charge in [0.05, 0.1) is 10.6 Å². The second kappa shape index (κ2) is 6.21. The number of rotatable bonds is 4. The molecule has 0 radical (unpaired) electrons. The highest BCUT2D eigenvalue weighted by atomic mass is 16.6. The molecule has 1 fully saturated rings. The van der Waals surface area contributed by atoms with Crippen molar-refractivity contribution in [3.8, 4) is 5.75 Å². The van der Waals surface area contributed by atoms with E-state index in [-0.39, 0.29) is 36.5 Å². The molecule has 122 valence electrons. The molecule has 2 N–H and O–H groups in total. The first-order chi connectivity index (χ1) is 11.0. The number of nitrogens with one attached hydrogen (secondary N) is 2. The molecule has 2 heterocycles. The van der Waals surface area contributed by atoms with Crippen LogP contribution in [0.1, 0.15) is 6.42 Å². The molecular weight excluding hydrogens is 304 g/mol. The van der Waals surface area contributed by atoms with Crippen LogP contribution in [-0.2, 0) is 9.59 Å². The van der Waals surface area contributed by atoms with Crippen LogP contribution in [0.3, 0.4) is 0 Å². The Bertz CT molecular complexity index is 657. The average Bonchev–Trinajstić information content (AvgIpc) is 3.02. The molecule has 2 amide bonds. The van der Waals surface area contributed by atoms with Crippen LogP contribution >= 0.6 is 0 Å². The minimum atomic E-state index is -0.554. The highest BCUT2D eigenvalue weighted by Crippen LogP contribution is 2.35. The number of anilines is 1. The zero-order chi connectivity index (χ0) is 16.4. The minimum absolute atomic E-state index is 0.0447. The maximum atomic E-state index is 12.1. The van der Waals surface area contributed by atoms with Gasteiger partial charge in [0.25, 0.3) is 11.6 Å². The van der Waals surface area contributed by atoms with Crippen molar-refractivity contribution < 1.29 is 19.2 Å². The van der Waals surface area contributed by atoms with Crippen molar-refractivity contribution in [2.75, 3.05) is 31.1 Å². The number of carbonyl (C=O) groups is 2. The van der Waals surface area contributed by atoms with E-state index in [4.69, 9.17) is 4.74 Å². The lowest BCUT2D eigenvalue weighted by Crippen LogP contribution is -2.47. The predicted molar refractivity (Wildman–Crippen MR) is 80.4 cm³/mol. The normalized spacial score (nSPS) is 19.9. The fourth-order valence-electron chi connectivity index (χ4n) is 2.67. The molecular formula is C14H16N4O5. The molecule has 1 aromatic rings. The topological polar surface area (TPSA) is 114 Å². The molecule has 1 atom stereocenters. The molecule has 1 saturated heterocycles. The minimum Gasteiger partial charge on any atom is -0.482 e. The monoisotopic (exact) mass is 320 g/mol. The lowest BCUT2D eigenvalue weighted by molar-refractivity contribution is -0.384. The van der Waals surface area contributed by atoms with Crippen LogP contribution in [-0.4, -0.2) is 49.0 Å². The first kappa shape index (κ1) is 15.2. The van der Waals surface area contributed by atoms with Gasteiger partial charge in [-0.05, 0) is 19.0 Å². The molecule has 9 heteroatoms. The number of fused-ring (bicyclic) bond motifs is 1. The third kappa shape index (κ3) is 3.24. The van der Waals surface area contributed by atoms with E-state index in [1.807, 2.05) is 0 Å². The highest BCUT2D eigenvalue weighted by molar-refractivity contribution is 6.02. The van der Waals surface area contributed by atoms with Crippen LogP contribution in [0.4, 0.5) is 11.4 Å². The molecule has 0 aliphatic carbocycles. The summed E-state index contributed by atoms with van der Waals surface area (Å²) < 4.78 is 5.26. The van der Waals surface area contributed by atoms with E-state index < -0.39 is 10.8 Å². The van der Waals surface area contributed by atoms with Gasteiger partial charge in [0.15, 0.2) is 6.61 Å². The average molecular weight is 320 g/mol. The van der Waals surface area contributed by atoms with E-state index in [0.717, 1.165) is 13.0 Å². The smallest absolute Gasteiger partial charge is 0.271 e. The van der Waals surface area contributed by atoms with Gasteiger partial charge in [0.2, 0.25) is 5.91 Å². The zero-order valence-electron chi connectivity index (χ0n) is 12.3. The van der Waals surface area contributed by atoms with Crippen molar-refractivity contribution in [3.05, 3.63) is 28.3 Å². The summed E-state index contributed by atoms with van der Waals surface area (Å²) >= 11 is 0. The fourth-order valence-corrected chi connectivity index (χ4v) is 2.67. The molecule has 1 aromatic carbocycles. The largest absolute Gasteiger partial charge is 0.482 e. The second-order valence-corrected chi connectivity index (χ2v) is 5.43. The van der Waals surface area contributed by atoms with Crippen molar-refractivity contribution in [1.29, 1.82) is 0 Å². The van der Waals surface area contributed by atoms with E-state index in [2.05, 4.69) is 10.6 Å². The molecule has 9 nitrogen and oxygen atoms in total. The molecule has 2 aliphatic rings. The van der Waals surface area contributed by atoms with Crippen LogP contribution in [0.25, 0.3) is 0 Å². The predicted octanol–water partition coefficient (Wildman–Crippen LogP) is -0.202. The molecule has 0 spiro atoms. The van der Waals surface area contributed by atoms with E-state index in [1.54, 1.807) is 0 Å². The molecule has 0 saturated carbocycles. The summed E-state index contributed by atoms with van der Waals surface area (Å²) in [5.74, 6) is -0.352. The Labute approximate surface area is 131 Å². The number of hydrogen-bond acceptors (Lipinski definition) is 6. The lowest BCUT2D eigenvalue weighted by atomic mass is 10.2. The van der Waals surface area contributed by atoms with E-state index >= 15 is 0 Å². The third-order valence-electron chi connectivity index (χ3n) is 3.82. The van der Waals surface area contributed by atoms with E-state index in [0.29, 0.717) is 12.3 Å². The Balaban J connectivity index is 1.78. The van der Waals surface area contributed by atoms with Crippen molar-refractivity contribution >= 4 is 23.2 Å². The van der Waals surface area contributed by atoms with Gasteiger partial charge in [-0.1, -0.05) is 0 Å². The van der Waals surface area contributed by atoms with Gasteiger partial charge < -0.3 is 15.4 Å². The number of benzene rings is 1. The molecule has 0 aromatic heterocycles. The number of amides is 2. The van der Waals surface area contributed by atoms with Crippen LogP contribution in [0.2, 0.25) is 0 Å². The summed E-state index contributed by atoms with van der Waals surface area (Å²) in [6.07, 6.45) is 0.838. The first-order valence-corrected chi connectivity index (χ1v) is 7.26. The van der Waals surface area contributed by atoms with Crippen molar-refractivity contribution in [2.24, 2.45) is 0 Å². The van der Waals surface area contributed by atoms with Gasteiger partial charge in [-0.15, -0.1) is 0 Å². The summed E-state index contributed by atoms with van der Waals surface area (Å²) in [7, 11) is 0. The lowest BCUT2D eigenvalue weighted by Gasteiger charge is -2.29. The van der Waals surface area contributed by atoms with Gasteiger partial charge in [-0.2, -0.15) is 0 Å². The second-order valence-electron chi connectivity index (χ2n) is 5.43. The quantitative estimate of drug-likeness (QED) is 0.586. The van der Waals surface area contributed by atoms with Crippen molar-refractivity contribution in [3.63, 3.8) is 0 Å². The fraction of sp³-hybridized carbons (Fsp3) is 0.429. The van der Waals surface area contributed by atoms with Gasteiger partial charge in [-0.3, -0.25) is 24.6 Å². The highest BCUT2D eigenvalue weighted by Gasteiger charge is 2.29. The number of ether oxygens (including phenoxy) is 1. The molecule has 3 rings (SSSR count). The van der Waals surface area contributed by atoms with E-state index in [9.17, 15) is 19.7 Å². The summed E-state index contributed by atoms with van der Waals surface area (Å²) in [6, 6.07) is 4.03. The molecule has 23 heavy (non-hydrogen) atoms. The zero-order valence-corrected chi connectivity index (χ0v) is 12.3. The van der Waals surface area contributed by atoms with Gasteiger partial charge in [0, 0.05) is 24.7 Å². The molecule has 2 aliphatic heterocycles. The van der Waals surface area contributed by atoms with Crippen LogP contribution in [0.5, 0.6) is 5.75 Å². The Morgan fingerprint density at radius 1 is 1.52 bits per heavy atom. The maximum Gasteiger partial charge on any atom is 0.271 e. The number of nitro benzene ring substituents is 1. The van der Waals surface area contributed by atoms with Gasteiger partial charge >= 0.3 is 0 Å². The SMILES string of the molecule is O=C(CN1C(=O)COc2ccc([N+](=O)[O-])cc21)NC1CCNC1. The maximum absolute atomic E-state index is 12.1. The summed E-state index contributed by atoms with van der Waals surface area (Å²) in [4.78, 5) is 35.8. The number of hydrogen-bond donors (Lipinski definition) is 2. The third-order valence-corrected chi connectivity index (χ3v) is 3.82.